The summed E-state index contributed by atoms with van der Waals surface area (Å²) in [5.74, 6) is 0.209. The summed E-state index contributed by atoms with van der Waals surface area (Å²) < 4.78 is 78.2. The highest BCUT2D eigenvalue weighted by atomic mass is 19.4. The molecule has 0 heterocycles. The fourth-order valence-electron chi connectivity index (χ4n) is 6.71. The fraction of sp³-hybridized carbons (Fsp3) is 0.704. The van der Waals surface area contributed by atoms with Crippen LogP contribution in [0.25, 0.3) is 0 Å². The van der Waals surface area contributed by atoms with E-state index in [-0.39, 0.29) is 23.8 Å². The van der Waals surface area contributed by atoms with Crippen molar-refractivity contribution in [2.75, 3.05) is 0 Å². The van der Waals surface area contributed by atoms with Gasteiger partial charge in [0, 0.05) is 0 Å². The number of hydrogen-bond donors (Lipinski definition) is 3. The Kier molecular flexibility index (Phi) is 7.10. The Labute approximate surface area is 207 Å². The molecule has 4 aliphatic rings. The summed E-state index contributed by atoms with van der Waals surface area (Å²) in [6, 6.07) is 0. The van der Waals surface area contributed by atoms with Gasteiger partial charge in [0.15, 0.2) is 0 Å². The van der Waals surface area contributed by atoms with Crippen LogP contribution in [0.15, 0.2) is 47.1 Å². The van der Waals surface area contributed by atoms with Crippen LogP contribution in [0, 0.1) is 16.7 Å². The van der Waals surface area contributed by atoms with Crippen LogP contribution in [0.4, 0.5) is 26.3 Å². The Morgan fingerprint density at radius 1 is 0.972 bits per heavy atom. The molecule has 0 aromatic rings. The molecule has 4 rings (SSSR count). The topological polar surface area (TPSA) is 60.7 Å². The predicted molar refractivity (Wildman–Crippen MR) is 123 cm³/mol. The van der Waals surface area contributed by atoms with Crippen molar-refractivity contribution in [2.24, 2.45) is 16.7 Å². The predicted octanol–water partition coefficient (Wildman–Crippen LogP) is 6.46. The van der Waals surface area contributed by atoms with Gasteiger partial charge in [-0.1, -0.05) is 47.9 Å². The Hall–Kier alpha value is -1.58. The normalized spacial score (nSPS) is 35.4. The van der Waals surface area contributed by atoms with Gasteiger partial charge in [-0.15, -0.1) is 0 Å². The Morgan fingerprint density at radius 2 is 1.58 bits per heavy atom. The highest BCUT2D eigenvalue weighted by Gasteiger charge is 2.69. The molecule has 4 atom stereocenters. The SMILES string of the molecule is C[C@]12CCC/C(=C\C=C3CC(O)C[C@H](O)C3)[C@@H]1CC=C2C1(C/C=C\C(O)(C(F)(F)F)C(F)(F)F)CC1. The summed E-state index contributed by atoms with van der Waals surface area (Å²) in [6.45, 7) is 2.15. The third kappa shape index (κ3) is 4.95. The van der Waals surface area contributed by atoms with Crippen LogP contribution >= 0.6 is 0 Å². The maximum Gasteiger partial charge on any atom is 0.429 e. The summed E-state index contributed by atoms with van der Waals surface area (Å²) in [5.41, 5.74) is -2.17. The minimum absolute atomic E-state index is 0.0223. The molecule has 3 N–H and O–H groups in total. The van der Waals surface area contributed by atoms with Gasteiger partial charge in [0.1, 0.15) is 0 Å². The van der Waals surface area contributed by atoms with Crippen molar-refractivity contribution < 1.29 is 41.7 Å². The highest BCUT2D eigenvalue weighted by Crippen LogP contribution is 2.67. The van der Waals surface area contributed by atoms with Gasteiger partial charge in [-0.3, -0.25) is 0 Å². The van der Waals surface area contributed by atoms with E-state index in [0.29, 0.717) is 32.1 Å². The lowest BCUT2D eigenvalue weighted by Gasteiger charge is -2.43. The molecule has 1 unspecified atom stereocenters. The molecule has 0 radical (unpaired) electrons. The largest absolute Gasteiger partial charge is 0.429 e. The van der Waals surface area contributed by atoms with Crippen LogP contribution < -0.4 is 0 Å². The highest BCUT2D eigenvalue weighted by molar-refractivity contribution is 5.40. The summed E-state index contributed by atoms with van der Waals surface area (Å²) in [4.78, 5) is 0. The van der Waals surface area contributed by atoms with E-state index >= 15 is 0 Å². The van der Waals surface area contributed by atoms with Crippen LogP contribution in [-0.4, -0.2) is 45.5 Å². The molecular weight excluding hydrogens is 486 g/mol. The van der Waals surface area contributed by atoms with Gasteiger partial charge in [0.05, 0.1) is 12.2 Å². The summed E-state index contributed by atoms with van der Waals surface area (Å²) >= 11 is 0. The number of fused-ring (bicyclic) bond motifs is 1. The van der Waals surface area contributed by atoms with Gasteiger partial charge in [-0.25, -0.2) is 0 Å². The van der Waals surface area contributed by atoms with Crippen molar-refractivity contribution in [2.45, 2.75) is 101 Å². The molecule has 0 spiro atoms. The number of aliphatic hydroxyl groups excluding tert-OH is 2. The van der Waals surface area contributed by atoms with Gasteiger partial charge in [0.2, 0.25) is 0 Å². The van der Waals surface area contributed by atoms with Gasteiger partial charge in [-0.2, -0.15) is 26.3 Å². The molecule has 0 amide bonds. The number of alkyl halides is 6. The van der Waals surface area contributed by atoms with Gasteiger partial charge in [0.25, 0.3) is 5.60 Å². The molecule has 0 bridgehead atoms. The zero-order valence-electron chi connectivity index (χ0n) is 20.3. The molecule has 0 aliphatic heterocycles. The van der Waals surface area contributed by atoms with Gasteiger partial charge >= 0.3 is 12.4 Å². The van der Waals surface area contributed by atoms with E-state index in [4.69, 9.17) is 0 Å². The molecule has 0 aromatic carbocycles. The molecule has 3 nitrogen and oxygen atoms in total. The zero-order valence-corrected chi connectivity index (χ0v) is 20.3. The second kappa shape index (κ2) is 9.31. The van der Waals surface area contributed by atoms with Gasteiger partial charge < -0.3 is 15.3 Å². The van der Waals surface area contributed by atoms with Crippen molar-refractivity contribution in [3.05, 3.63) is 47.1 Å². The third-order valence-electron chi connectivity index (χ3n) is 8.78. The smallest absolute Gasteiger partial charge is 0.393 e. The first-order valence-corrected chi connectivity index (χ1v) is 12.6. The quantitative estimate of drug-likeness (QED) is 0.288. The summed E-state index contributed by atoms with van der Waals surface area (Å²) in [7, 11) is 0. The molecular formula is C27H34F6O3. The van der Waals surface area contributed by atoms with Gasteiger partial charge in [-0.05, 0) is 87.0 Å². The van der Waals surface area contributed by atoms with Crippen LogP contribution in [0.3, 0.4) is 0 Å². The van der Waals surface area contributed by atoms with Crippen LogP contribution in [0.5, 0.6) is 0 Å². The van der Waals surface area contributed by atoms with Crippen LogP contribution in [0.1, 0.15) is 71.1 Å². The lowest BCUT2D eigenvalue weighted by Crippen LogP contribution is -2.55. The minimum atomic E-state index is -5.86. The standard InChI is InChI=1S/C27H34F6O3/c1-23-9-2-4-18(6-5-17-14-19(34)16-20(35)15-17)21(23)7-8-22(23)24(12-13-24)10-3-11-25(36,26(28,29)30)27(31,32)33/h3,5-6,8,11,19-21,34-36H,2,4,7,9-10,12-16H2,1H3/b11-3-,17-5?,18-6+/t19-,20?,21+,23+/m1/s1. The molecule has 3 fully saturated rings. The van der Waals surface area contributed by atoms with E-state index in [1.165, 1.54) is 5.57 Å². The number of allylic oxidation sites excluding steroid dienone is 6. The average molecular weight is 521 g/mol. The van der Waals surface area contributed by atoms with Crippen molar-refractivity contribution in [1.82, 2.24) is 0 Å². The van der Waals surface area contributed by atoms with E-state index in [1.807, 2.05) is 6.08 Å². The second-order valence-electron chi connectivity index (χ2n) is 11.3. The van der Waals surface area contributed by atoms with E-state index in [0.717, 1.165) is 42.9 Å². The molecule has 9 heteroatoms. The first-order chi connectivity index (χ1) is 16.6. The van der Waals surface area contributed by atoms with Crippen molar-refractivity contribution in [3.63, 3.8) is 0 Å². The molecule has 4 aliphatic carbocycles. The molecule has 0 aromatic heterocycles. The first-order valence-electron chi connectivity index (χ1n) is 12.6. The number of hydrogen-bond acceptors (Lipinski definition) is 3. The van der Waals surface area contributed by atoms with Crippen molar-refractivity contribution in [3.8, 4) is 0 Å². The van der Waals surface area contributed by atoms with Crippen molar-refractivity contribution >= 4 is 0 Å². The van der Waals surface area contributed by atoms with Crippen molar-refractivity contribution in [1.29, 1.82) is 0 Å². The average Bonchev–Trinajstić information content (AvgIpc) is 3.42. The molecule has 202 valence electrons. The van der Waals surface area contributed by atoms with E-state index < -0.39 is 35.6 Å². The lowest BCUT2D eigenvalue weighted by atomic mass is 9.61. The second-order valence-corrected chi connectivity index (χ2v) is 11.3. The molecule has 3 saturated carbocycles. The number of halogens is 6. The zero-order chi connectivity index (χ0) is 26.6. The van der Waals surface area contributed by atoms with E-state index in [1.54, 1.807) is 0 Å². The minimum Gasteiger partial charge on any atom is -0.393 e. The Balaban J connectivity index is 1.51. The Morgan fingerprint density at radius 3 is 2.14 bits per heavy atom. The first kappa shape index (κ1) is 27.5. The van der Waals surface area contributed by atoms with Crippen LogP contribution in [-0.2, 0) is 0 Å². The molecule has 0 saturated heterocycles. The van der Waals surface area contributed by atoms with E-state index in [9.17, 15) is 41.7 Å². The maximum absolute atomic E-state index is 13.0. The maximum atomic E-state index is 13.0. The monoisotopic (exact) mass is 520 g/mol. The van der Waals surface area contributed by atoms with Crippen LogP contribution in [0.2, 0.25) is 0 Å². The lowest BCUT2D eigenvalue weighted by molar-refractivity contribution is -0.347. The summed E-state index contributed by atoms with van der Waals surface area (Å²) in [5, 5.41) is 29.3. The number of aliphatic hydroxyl groups is 3. The van der Waals surface area contributed by atoms with E-state index in [2.05, 4.69) is 19.1 Å². The number of rotatable bonds is 5. The molecule has 36 heavy (non-hydrogen) atoms. The Bertz CT molecular complexity index is 943. The fourth-order valence-corrected chi connectivity index (χ4v) is 6.71. The third-order valence-corrected chi connectivity index (χ3v) is 8.78. The summed E-state index contributed by atoms with van der Waals surface area (Å²) in [6.07, 6.45) is 0.484.